The molecule has 1 aromatic heterocycles. The summed E-state index contributed by atoms with van der Waals surface area (Å²) in [6.07, 6.45) is 1.88. The zero-order valence-corrected chi connectivity index (χ0v) is 10.6. The van der Waals surface area contributed by atoms with E-state index >= 15 is 0 Å². The highest BCUT2D eigenvalue weighted by atomic mass is 79.9. The van der Waals surface area contributed by atoms with Gasteiger partial charge in [-0.15, -0.1) is 0 Å². The first-order valence-electron chi connectivity index (χ1n) is 5.06. The standard InChI is InChI=1S/C10H16BrN3O/c1-3-4-9-13-8(11)5-10(14-9)12-7(2)6-15/h5,7,15H,3-4,6H2,1-2H3,(H,12,13,14). The van der Waals surface area contributed by atoms with Crippen molar-refractivity contribution < 1.29 is 5.11 Å². The molecule has 0 amide bonds. The lowest BCUT2D eigenvalue weighted by Gasteiger charge is -2.12. The number of rotatable bonds is 5. The maximum atomic E-state index is 8.92. The van der Waals surface area contributed by atoms with Crippen LogP contribution in [0.15, 0.2) is 10.7 Å². The molecule has 1 unspecified atom stereocenters. The molecular weight excluding hydrogens is 258 g/mol. The van der Waals surface area contributed by atoms with Crippen LogP contribution in [0.4, 0.5) is 5.82 Å². The van der Waals surface area contributed by atoms with Crippen molar-refractivity contribution in [3.8, 4) is 0 Å². The van der Waals surface area contributed by atoms with Gasteiger partial charge in [-0.3, -0.25) is 0 Å². The Morgan fingerprint density at radius 2 is 2.27 bits per heavy atom. The maximum Gasteiger partial charge on any atom is 0.132 e. The molecule has 0 spiro atoms. The number of nitrogens with one attached hydrogen (secondary N) is 1. The lowest BCUT2D eigenvalue weighted by Crippen LogP contribution is -2.20. The molecule has 1 rings (SSSR count). The maximum absolute atomic E-state index is 8.92. The second kappa shape index (κ2) is 6.02. The molecule has 0 aliphatic heterocycles. The number of aliphatic hydroxyl groups is 1. The summed E-state index contributed by atoms with van der Waals surface area (Å²) in [4.78, 5) is 8.61. The molecule has 2 N–H and O–H groups in total. The van der Waals surface area contributed by atoms with Gasteiger partial charge in [-0.1, -0.05) is 6.92 Å². The quantitative estimate of drug-likeness (QED) is 0.806. The van der Waals surface area contributed by atoms with Crippen molar-refractivity contribution in [3.63, 3.8) is 0 Å². The van der Waals surface area contributed by atoms with Gasteiger partial charge in [0.1, 0.15) is 16.2 Å². The van der Waals surface area contributed by atoms with E-state index in [4.69, 9.17) is 5.11 Å². The van der Waals surface area contributed by atoms with Crippen LogP contribution >= 0.6 is 15.9 Å². The van der Waals surface area contributed by atoms with Gasteiger partial charge >= 0.3 is 0 Å². The summed E-state index contributed by atoms with van der Waals surface area (Å²) in [5.41, 5.74) is 0. The van der Waals surface area contributed by atoms with E-state index in [1.807, 2.05) is 13.0 Å². The van der Waals surface area contributed by atoms with Crippen LogP contribution in [0.25, 0.3) is 0 Å². The van der Waals surface area contributed by atoms with Gasteiger partial charge in [0.2, 0.25) is 0 Å². The first kappa shape index (κ1) is 12.4. The SMILES string of the molecule is CCCc1nc(Br)cc(NC(C)CO)n1. The Hall–Kier alpha value is -0.680. The summed E-state index contributed by atoms with van der Waals surface area (Å²) < 4.78 is 0.772. The fourth-order valence-corrected chi connectivity index (χ4v) is 1.59. The monoisotopic (exact) mass is 273 g/mol. The van der Waals surface area contributed by atoms with Crippen LogP contribution in [0.5, 0.6) is 0 Å². The Morgan fingerprint density at radius 1 is 1.53 bits per heavy atom. The third-order valence-electron chi connectivity index (χ3n) is 1.88. The Kier molecular flexibility index (Phi) is 4.98. The van der Waals surface area contributed by atoms with Gasteiger partial charge in [-0.25, -0.2) is 9.97 Å². The molecule has 1 atom stereocenters. The molecule has 15 heavy (non-hydrogen) atoms. The molecule has 0 fully saturated rings. The summed E-state index contributed by atoms with van der Waals surface area (Å²) in [7, 11) is 0. The van der Waals surface area contributed by atoms with E-state index in [0.717, 1.165) is 29.1 Å². The Bertz CT molecular complexity index is 320. The van der Waals surface area contributed by atoms with Crippen LogP contribution in [0.1, 0.15) is 26.1 Å². The fourth-order valence-electron chi connectivity index (χ4n) is 1.17. The number of hydrogen-bond donors (Lipinski definition) is 2. The number of aliphatic hydroxyl groups excluding tert-OH is 1. The number of aromatic nitrogens is 2. The minimum atomic E-state index is 0.00118. The highest BCUT2D eigenvalue weighted by molar-refractivity contribution is 9.10. The normalized spacial score (nSPS) is 12.5. The molecular formula is C10H16BrN3O. The lowest BCUT2D eigenvalue weighted by molar-refractivity contribution is 0.281. The van der Waals surface area contributed by atoms with Crippen LogP contribution in [-0.4, -0.2) is 27.7 Å². The van der Waals surface area contributed by atoms with E-state index < -0.39 is 0 Å². The largest absolute Gasteiger partial charge is 0.394 e. The van der Waals surface area contributed by atoms with E-state index in [1.165, 1.54) is 0 Å². The zero-order chi connectivity index (χ0) is 11.3. The van der Waals surface area contributed by atoms with Gasteiger partial charge < -0.3 is 10.4 Å². The molecule has 84 valence electrons. The molecule has 5 heteroatoms. The van der Waals surface area contributed by atoms with Crippen molar-refractivity contribution in [2.24, 2.45) is 0 Å². The van der Waals surface area contributed by atoms with Crippen LogP contribution in [-0.2, 0) is 6.42 Å². The number of anilines is 1. The Morgan fingerprint density at radius 3 is 2.87 bits per heavy atom. The van der Waals surface area contributed by atoms with Gasteiger partial charge in [0.05, 0.1) is 6.61 Å². The highest BCUT2D eigenvalue weighted by Gasteiger charge is 2.05. The Balaban J connectivity index is 2.78. The molecule has 4 nitrogen and oxygen atoms in total. The predicted octanol–water partition coefficient (Wildman–Crippen LogP) is 1.98. The highest BCUT2D eigenvalue weighted by Crippen LogP contribution is 2.13. The molecule has 0 radical (unpaired) electrons. The average Bonchev–Trinajstić information content (AvgIpc) is 2.17. The van der Waals surface area contributed by atoms with E-state index in [1.54, 1.807) is 0 Å². The van der Waals surface area contributed by atoms with E-state index in [9.17, 15) is 0 Å². The molecule has 0 aliphatic carbocycles. The van der Waals surface area contributed by atoms with Crippen LogP contribution < -0.4 is 5.32 Å². The number of hydrogen-bond acceptors (Lipinski definition) is 4. The minimum Gasteiger partial charge on any atom is -0.394 e. The van der Waals surface area contributed by atoms with Crippen LogP contribution in [0.2, 0.25) is 0 Å². The first-order chi connectivity index (χ1) is 7.15. The smallest absolute Gasteiger partial charge is 0.132 e. The van der Waals surface area contributed by atoms with Crippen molar-refractivity contribution in [3.05, 3.63) is 16.5 Å². The second-order valence-corrected chi connectivity index (χ2v) is 4.28. The van der Waals surface area contributed by atoms with Crippen molar-refractivity contribution in [2.75, 3.05) is 11.9 Å². The summed E-state index contributed by atoms with van der Waals surface area (Å²) in [5.74, 6) is 1.57. The molecule has 1 heterocycles. The van der Waals surface area contributed by atoms with E-state index in [-0.39, 0.29) is 12.6 Å². The number of aryl methyl sites for hydroxylation is 1. The van der Waals surface area contributed by atoms with Crippen LogP contribution in [0.3, 0.4) is 0 Å². The molecule has 0 aromatic carbocycles. The topological polar surface area (TPSA) is 58.0 Å². The molecule has 1 aromatic rings. The van der Waals surface area contributed by atoms with Gasteiger partial charge in [0.25, 0.3) is 0 Å². The Labute approximate surface area is 98.3 Å². The van der Waals surface area contributed by atoms with Gasteiger partial charge in [-0.2, -0.15) is 0 Å². The van der Waals surface area contributed by atoms with Gasteiger partial charge in [0, 0.05) is 18.5 Å². The van der Waals surface area contributed by atoms with Crippen LogP contribution in [0, 0.1) is 0 Å². The molecule has 0 saturated heterocycles. The number of halogens is 1. The summed E-state index contributed by atoms with van der Waals surface area (Å²) in [5, 5.41) is 12.0. The average molecular weight is 274 g/mol. The minimum absolute atomic E-state index is 0.00118. The molecule has 0 saturated carbocycles. The van der Waals surface area contributed by atoms with Crippen molar-refractivity contribution in [2.45, 2.75) is 32.7 Å². The van der Waals surface area contributed by atoms with Gasteiger partial charge in [0.15, 0.2) is 0 Å². The molecule has 0 bridgehead atoms. The molecule has 0 aliphatic rings. The summed E-state index contributed by atoms with van der Waals surface area (Å²) in [6.45, 7) is 4.08. The number of nitrogens with zero attached hydrogens (tertiary/aromatic N) is 2. The van der Waals surface area contributed by atoms with Gasteiger partial charge in [-0.05, 0) is 29.3 Å². The first-order valence-corrected chi connectivity index (χ1v) is 5.85. The van der Waals surface area contributed by atoms with Crippen molar-refractivity contribution >= 4 is 21.7 Å². The van der Waals surface area contributed by atoms with Crippen molar-refractivity contribution in [1.29, 1.82) is 0 Å². The lowest BCUT2D eigenvalue weighted by atomic mass is 10.3. The van der Waals surface area contributed by atoms with Crippen molar-refractivity contribution in [1.82, 2.24) is 9.97 Å². The van der Waals surface area contributed by atoms with E-state index in [2.05, 4.69) is 38.1 Å². The third kappa shape index (κ3) is 4.13. The second-order valence-electron chi connectivity index (χ2n) is 3.47. The fraction of sp³-hybridized carbons (Fsp3) is 0.600. The zero-order valence-electron chi connectivity index (χ0n) is 9.00. The summed E-state index contributed by atoms with van der Waals surface area (Å²) >= 11 is 3.34. The van der Waals surface area contributed by atoms with E-state index in [0.29, 0.717) is 0 Å². The predicted molar refractivity (Wildman–Crippen MR) is 63.9 cm³/mol. The summed E-state index contributed by atoms with van der Waals surface area (Å²) in [6, 6.07) is 1.81. The third-order valence-corrected chi connectivity index (χ3v) is 2.29.